The van der Waals surface area contributed by atoms with Gasteiger partial charge in [0.1, 0.15) is 12.1 Å². The molecule has 2 aromatic rings. The van der Waals surface area contributed by atoms with Gasteiger partial charge in [0.25, 0.3) is 0 Å². The van der Waals surface area contributed by atoms with E-state index < -0.39 is 52.6 Å². The van der Waals surface area contributed by atoms with Gasteiger partial charge in [-0.25, -0.2) is 9.78 Å². The first-order valence-electron chi connectivity index (χ1n) is 9.02. The fourth-order valence-electron chi connectivity index (χ4n) is 2.50. The number of aromatic nitrogens is 4. The molecule has 0 atom stereocenters. The summed E-state index contributed by atoms with van der Waals surface area (Å²) < 4.78 is 80.6. The standard InChI is InChI=1S/C16H19F3N4O8S/c1-14(2)28-8-15(9-29-14,10-30-32(25,26)16(17,18)19)7-27-6-12(24)31-23-13-11(21-22-23)4-3-5-20-13/h3-5H,6-10H2,1-2H3. The number of carbonyl (C=O) groups excluding carboxylic acids is 1. The zero-order chi connectivity index (χ0) is 23.6. The summed E-state index contributed by atoms with van der Waals surface area (Å²) in [5, 5.41) is 7.37. The third-order valence-electron chi connectivity index (χ3n) is 4.25. The largest absolute Gasteiger partial charge is 0.523 e. The molecule has 32 heavy (non-hydrogen) atoms. The summed E-state index contributed by atoms with van der Waals surface area (Å²) in [5.74, 6) is -1.97. The van der Waals surface area contributed by atoms with Crippen molar-refractivity contribution in [3.8, 4) is 0 Å². The molecule has 1 fully saturated rings. The molecule has 0 saturated carbocycles. The number of ether oxygens (including phenoxy) is 3. The monoisotopic (exact) mass is 484 g/mol. The highest BCUT2D eigenvalue weighted by atomic mass is 32.2. The van der Waals surface area contributed by atoms with Crippen LogP contribution in [0.4, 0.5) is 13.2 Å². The van der Waals surface area contributed by atoms with Crippen molar-refractivity contribution < 1.29 is 49.6 Å². The Balaban J connectivity index is 1.60. The Bertz CT molecular complexity index is 1060. The zero-order valence-corrected chi connectivity index (χ0v) is 17.7. The summed E-state index contributed by atoms with van der Waals surface area (Å²) in [6, 6.07) is 3.21. The number of alkyl halides is 3. The van der Waals surface area contributed by atoms with Crippen LogP contribution in [0.3, 0.4) is 0 Å². The Labute approximate surface area is 179 Å². The second-order valence-corrected chi connectivity index (χ2v) is 9.01. The normalized spacial score (nSPS) is 18.5. The minimum atomic E-state index is -5.84. The quantitative estimate of drug-likeness (QED) is 0.293. The van der Waals surface area contributed by atoms with Crippen molar-refractivity contribution in [3.63, 3.8) is 0 Å². The van der Waals surface area contributed by atoms with Crippen LogP contribution < -0.4 is 4.84 Å². The lowest BCUT2D eigenvalue weighted by Gasteiger charge is -2.42. The molecule has 0 radical (unpaired) electrons. The van der Waals surface area contributed by atoms with Crippen LogP contribution in [0.1, 0.15) is 13.8 Å². The predicted octanol–water partition coefficient (Wildman–Crippen LogP) is 0.434. The lowest BCUT2D eigenvalue weighted by molar-refractivity contribution is -0.295. The van der Waals surface area contributed by atoms with Crippen molar-refractivity contribution in [2.45, 2.75) is 25.1 Å². The predicted molar refractivity (Wildman–Crippen MR) is 97.1 cm³/mol. The average molecular weight is 484 g/mol. The van der Waals surface area contributed by atoms with E-state index in [1.165, 1.54) is 6.20 Å². The fourth-order valence-corrected chi connectivity index (χ4v) is 3.03. The maximum atomic E-state index is 12.6. The number of carbonyl (C=O) groups is 1. The minimum absolute atomic E-state index is 0.180. The molecule has 2 aromatic heterocycles. The van der Waals surface area contributed by atoms with Crippen LogP contribution >= 0.6 is 0 Å². The lowest BCUT2D eigenvalue weighted by Crippen LogP contribution is -2.52. The lowest BCUT2D eigenvalue weighted by atomic mass is 9.91. The topological polar surface area (TPSA) is 141 Å². The minimum Gasteiger partial charge on any atom is -0.369 e. The summed E-state index contributed by atoms with van der Waals surface area (Å²) in [6.45, 7) is 0.614. The molecule has 1 aliphatic rings. The number of pyridine rings is 1. The van der Waals surface area contributed by atoms with Gasteiger partial charge in [-0.2, -0.15) is 21.6 Å². The number of hydrogen-bond donors (Lipinski definition) is 0. The van der Waals surface area contributed by atoms with Crippen LogP contribution in [0.5, 0.6) is 0 Å². The van der Waals surface area contributed by atoms with Crippen LogP contribution in [0.25, 0.3) is 11.2 Å². The van der Waals surface area contributed by atoms with Crippen LogP contribution in [0.15, 0.2) is 18.3 Å². The van der Waals surface area contributed by atoms with E-state index in [4.69, 9.17) is 19.0 Å². The molecule has 0 bridgehead atoms. The molecule has 1 aliphatic heterocycles. The van der Waals surface area contributed by atoms with E-state index in [9.17, 15) is 26.4 Å². The molecule has 0 aliphatic carbocycles. The Morgan fingerprint density at radius 2 is 1.94 bits per heavy atom. The Kier molecular flexibility index (Phi) is 6.71. The third-order valence-corrected chi connectivity index (χ3v) is 5.25. The first kappa shape index (κ1) is 24.2. The van der Waals surface area contributed by atoms with Gasteiger partial charge in [0, 0.05) is 6.20 Å². The van der Waals surface area contributed by atoms with Crippen molar-refractivity contribution in [3.05, 3.63) is 18.3 Å². The summed E-state index contributed by atoms with van der Waals surface area (Å²) in [7, 11) is -5.84. The zero-order valence-electron chi connectivity index (χ0n) is 16.9. The van der Waals surface area contributed by atoms with Gasteiger partial charge in [0.2, 0.25) is 5.65 Å². The number of fused-ring (bicyclic) bond motifs is 1. The molecule has 0 unspecified atom stereocenters. The molecular weight excluding hydrogens is 465 g/mol. The highest BCUT2D eigenvalue weighted by Gasteiger charge is 2.50. The van der Waals surface area contributed by atoms with E-state index in [1.807, 2.05) is 0 Å². The van der Waals surface area contributed by atoms with Gasteiger partial charge in [0.05, 0.1) is 31.8 Å². The molecule has 3 rings (SSSR count). The second-order valence-electron chi connectivity index (χ2n) is 7.40. The Morgan fingerprint density at radius 1 is 1.25 bits per heavy atom. The molecule has 12 nitrogen and oxygen atoms in total. The number of nitrogens with zero attached hydrogens (tertiary/aromatic N) is 4. The smallest absolute Gasteiger partial charge is 0.369 e. The van der Waals surface area contributed by atoms with Gasteiger partial charge in [-0.05, 0) is 36.0 Å². The van der Waals surface area contributed by atoms with Crippen LogP contribution in [-0.2, 0) is 33.3 Å². The molecule has 0 N–H and O–H groups in total. The number of rotatable bonds is 8. The van der Waals surface area contributed by atoms with Crippen LogP contribution in [0.2, 0.25) is 0 Å². The Morgan fingerprint density at radius 3 is 2.59 bits per heavy atom. The van der Waals surface area contributed by atoms with E-state index in [-0.39, 0.29) is 18.9 Å². The van der Waals surface area contributed by atoms with Gasteiger partial charge in [0.15, 0.2) is 5.79 Å². The van der Waals surface area contributed by atoms with Crippen molar-refractivity contribution in [2.75, 3.05) is 33.0 Å². The van der Waals surface area contributed by atoms with Gasteiger partial charge in [-0.15, -0.1) is 5.10 Å². The van der Waals surface area contributed by atoms with E-state index in [2.05, 4.69) is 19.5 Å². The highest BCUT2D eigenvalue weighted by Crippen LogP contribution is 2.33. The Hall–Kier alpha value is -2.40. The molecule has 0 aromatic carbocycles. The molecular formula is C16H19F3N4O8S. The van der Waals surface area contributed by atoms with E-state index >= 15 is 0 Å². The molecule has 16 heteroatoms. The summed E-state index contributed by atoms with van der Waals surface area (Å²) in [5.41, 5.74) is -6.47. The second kappa shape index (κ2) is 8.86. The highest BCUT2D eigenvalue weighted by molar-refractivity contribution is 7.87. The van der Waals surface area contributed by atoms with Gasteiger partial charge in [-0.3, -0.25) is 4.18 Å². The third kappa shape index (κ3) is 5.69. The molecule has 178 valence electrons. The SMILES string of the molecule is CC1(C)OCC(COCC(=O)On2nnc3cccnc32)(COS(=O)(=O)C(F)(F)F)CO1. The summed E-state index contributed by atoms with van der Waals surface area (Å²) in [4.78, 5) is 21.8. The summed E-state index contributed by atoms with van der Waals surface area (Å²) >= 11 is 0. The average Bonchev–Trinajstić information content (AvgIpc) is 3.11. The van der Waals surface area contributed by atoms with E-state index in [0.717, 1.165) is 4.85 Å². The first-order valence-corrected chi connectivity index (χ1v) is 10.4. The van der Waals surface area contributed by atoms with Crippen LogP contribution in [-0.4, -0.2) is 78.9 Å². The molecule has 3 heterocycles. The summed E-state index contributed by atoms with van der Waals surface area (Å²) in [6.07, 6.45) is 1.44. The molecule has 0 spiro atoms. The van der Waals surface area contributed by atoms with Gasteiger partial charge >= 0.3 is 21.6 Å². The number of hydrogen-bond acceptors (Lipinski definition) is 11. The van der Waals surface area contributed by atoms with Crippen LogP contribution in [0, 0.1) is 5.41 Å². The van der Waals surface area contributed by atoms with Crippen molar-refractivity contribution in [2.24, 2.45) is 5.41 Å². The van der Waals surface area contributed by atoms with Gasteiger partial charge in [-0.1, -0.05) is 0 Å². The van der Waals surface area contributed by atoms with E-state index in [0.29, 0.717) is 5.52 Å². The molecule has 1 saturated heterocycles. The maximum Gasteiger partial charge on any atom is 0.523 e. The van der Waals surface area contributed by atoms with Crippen molar-refractivity contribution >= 4 is 27.3 Å². The molecule has 0 amide bonds. The maximum absolute atomic E-state index is 12.6. The van der Waals surface area contributed by atoms with E-state index in [1.54, 1.807) is 26.0 Å². The van der Waals surface area contributed by atoms with Crippen molar-refractivity contribution in [1.82, 2.24) is 20.1 Å². The van der Waals surface area contributed by atoms with Gasteiger partial charge < -0.3 is 19.0 Å². The van der Waals surface area contributed by atoms with Crippen molar-refractivity contribution in [1.29, 1.82) is 0 Å². The first-order chi connectivity index (χ1) is 14.8. The fraction of sp³-hybridized carbons (Fsp3) is 0.625. The number of halogens is 3.